The van der Waals surface area contributed by atoms with Gasteiger partial charge in [0.05, 0.1) is 13.2 Å². The number of unbranched alkanes of at least 4 members (excludes halogenated alkanes) is 19. The summed E-state index contributed by atoms with van der Waals surface area (Å²) >= 11 is 0. The predicted octanol–water partition coefficient (Wildman–Crippen LogP) is 24.6. The van der Waals surface area contributed by atoms with Crippen LogP contribution in [-0.2, 0) is 32.7 Å². The van der Waals surface area contributed by atoms with Crippen LogP contribution < -0.4 is 5.73 Å². The second-order valence-corrected chi connectivity index (χ2v) is 24.8. The molecule has 10 heteroatoms. The van der Waals surface area contributed by atoms with Gasteiger partial charge in [-0.25, -0.2) is 4.57 Å². The number of allylic oxidation sites excluding steroid dienone is 34. The average molecular weight is 1300 g/mol. The molecule has 0 rings (SSSR count). The van der Waals surface area contributed by atoms with Crippen LogP contribution in [0.1, 0.15) is 271 Å². The molecule has 0 radical (unpaired) electrons. The third-order valence-corrected chi connectivity index (χ3v) is 15.6. The molecular formula is C83H132NO8P. The van der Waals surface area contributed by atoms with E-state index in [2.05, 4.69) is 220 Å². The zero-order chi connectivity index (χ0) is 67.2. The van der Waals surface area contributed by atoms with Gasteiger partial charge < -0.3 is 20.1 Å². The number of esters is 2. The number of carbonyl (C=O) groups excluding carboxylic acids is 2. The molecule has 2 atom stereocenters. The predicted molar refractivity (Wildman–Crippen MR) is 403 cm³/mol. The van der Waals surface area contributed by atoms with E-state index in [0.29, 0.717) is 12.8 Å². The van der Waals surface area contributed by atoms with Gasteiger partial charge in [0.25, 0.3) is 0 Å². The summed E-state index contributed by atoms with van der Waals surface area (Å²) < 4.78 is 33.2. The van der Waals surface area contributed by atoms with Crippen molar-refractivity contribution in [2.75, 3.05) is 26.4 Å². The molecule has 0 aromatic rings. The third-order valence-electron chi connectivity index (χ3n) is 14.7. The van der Waals surface area contributed by atoms with Crippen LogP contribution in [0.3, 0.4) is 0 Å². The summed E-state index contributed by atoms with van der Waals surface area (Å²) in [6.07, 6.45) is 116. The van der Waals surface area contributed by atoms with Crippen LogP contribution in [0, 0.1) is 0 Å². The Labute approximate surface area is 569 Å². The van der Waals surface area contributed by atoms with E-state index in [-0.39, 0.29) is 32.6 Å². The molecule has 3 N–H and O–H groups in total. The summed E-state index contributed by atoms with van der Waals surface area (Å²) in [5.74, 6) is -0.857. The van der Waals surface area contributed by atoms with Crippen LogP contribution in [0.5, 0.6) is 0 Å². The molecule has 0 saturated heterocycles. The minimum atomic E-state index is -4.41. The van der Waals surface area contributed by atoms with Crippen molar-refractivity contribution in [1.82, 2.24) is 0 Å². The van der Waals surface area contributed by atoms with Crippen molar-refractivity contribution in [2.45, 2.75) is 277 Å². The number of carbonyl (C=O) groups is 2. The van der Waals surface area contributed by atoms with E-state index in [1.807, 2.05) is 0 Å². The van der Waals surface area contributed by atoms with Crippen molar-refractivity contribution in [1.29, 1.82) is 0 Å². The van der Waals surface area contributed by atoms with Crippen LogP contribution >= 0.6 is 7.82 Å². The van der Waals surface area contributed by atoms with E-state index in [9.17, 15) is 19.0 Å². The lowest BCUT2D eigenvalue weighted by molar-refractivity contribution is -0.161. The Hall–Kier alpha value is -5.41. The fraction of sp³-hybridized carbons (Fsp3) is 0.566. The highest BCUT2D eigenvalue weighted by atomic mass is 31.2. The molecular weight excluding hydrogens is 1170 g/mol. The van der Waals surface area contributed by atoms with E-state index in [0.717, 1.165) is 167 Å². The van der Waals surface area contributed by atoms with Gasteiger partial charge in [0, 0.05) is 19.4 Å². The lowest BCUT2D eigenvalue weighted by Gasteiger charge is -2.19. The summed E-state index contributed by atoms with van der Waals surface area (Å²) in [6, 6.07) is 0. The Morgan fingerprint density at radius 2 is 0.559 bits per heavy atom. The summed E-state index contributed by atoms with van der Waals surface area (Å²) in [5, 5.41) is 0. The Kier molecular flexibility index (Phi) is 71.2. The highest BCUT2D eigenvalue weighted by molar-refractivity contribution is 7.47. The first-order valence-corrected chi connectivity index (χ1v) is 38.1. The van der Waals surface area contributed by atoms with Gasteiger partial charge in [-0.2, -0.15) is 0 Å². The maximum atomic E-state index is 12.8. The van der Waals surface area contributed by atoms with E-state index in [1.54, 1.807) is 0 Å². The van der Waals surface area contributed by atoms with Gasteiger partial charge in [0.15, 0.2) is 6.10 Å². The minimum absolute atomic E-state index is 0.0411. The van der Waals surface area contributed by atoms with Crippen LogP contribution in [0.4, 0.5) is 0 Å². The lowest BCUT2D eigenvalue weighted by Crippen LogP contribution is -2.29. The first kappa shape index (κ1) is 87.6. The maximum absolute atomic E-state index is 12.8. The Balaban J connectivity index is 3.98. The van der Waals surface area contributed by atoms with E-state index in [4.69, 9.17) is 24.3 Å². The highest BCUT2D eigenvalue weighted by Crippen LogP contribution is 2.43. The van der Waals surface area contributed by atoms with Crippen molar-refractivity contribution in [3.05, 3.63) is 207 Å². The number of ether oxygens (including phenoxy) is 2. The highest BCUT2D eigenvalue weighted by Gasteiger charge is 2.26. The topological polar surface area (TPSA) is 134 Å². The van der Waals surface area contributed by atoms with Crippen LogP contribution in [0.2, 0.25) is 0 Å². The standard InChI is InChI=1S/C83H132NO8P/c1-3-5-7-9-11-13-15-17-19-21-23-25-27-29-31-33-35-36-37-38-39-40-41-42-43-44-46-48-50-52-54-56-58-60-62-64-66-68-70-72-74-76-83(86)92-81(80-91-93(87,88)90-78-77-84)79-89-82(85)75-73-71-69-67-65-63-61-59-57-55-53-51-49-47-45-34-32-30-28-26-24-22-20-18-16-14-12-10-8-6-4-2/h5-8,11-14,17-20,23-26,29-32,35-36,38-39,41-42,44-47,51,53,57,59,81H,3-4,9-10,15-16,21-22,27-28,33-34,37,40,43,48-50,52,54-56,58,60-80,84H2,1-2H3,(H,87,88)/b7-5-,8-6-,13-11-,14-12-,19-17-,20-18-,25-23-,26-24-,31-29-,32-30-,36-35-,39-38-,42-41-,46-44-,47-45-,53-51-,59-57-. The van der Waals surface area contributed by atoms with Crippen LogP contribution in [0.25, 0.3) is 0 Å². The molecule has 0 fully saturated rings. The molecule has 9 nitrogen and oxygen atoms in total. The number of phosphoric acid groups is 1. The van der Waals surface area contributed by atoms with Crippen molar-refractivity contribution < 1.29 is 37.6 Å². The van der Waals surface area contributed by atoms with Gasteiger partial charge in [-0.15, -0.1) is 0 Å². The maximum Gasteiger partial charge on any atom is 0.472 e. The smallest absolute Gasteiger partial charge is 0.462 e. The summed E-state index contributed by atoms with van der Waals surface area (Å²) in [7, 11) is -4.41. The molecule has 0 spiro atoms. The van der Waals surface area contributed by atoms with Crippen molar-refractivity contribution in [3.63, 3.8) is 0 Å². The second-order valence-electron chi connectivity index (χ2n) is 23.3. The Bertz CT molecular complexity index is 2280. The van der Waals surface area contributed by atoms with E-state index in [1.165, 1.54) is 64.2 Å². The zero-order valence-electron chi connectivity index (χ0n) is 58.6. The first-order chi connectivity index (χ1) is 45.8. The molecule has 2 unspecified atom stereocenters. The summed E-state index contributed by atoms with van der Waals surface area (Å²) in [6.45, 7) is 3.48. The lowest BCUT2D eigenvalue weighted by atomic mass is 10.0. The quantitative estimate of drug-likeness (QED) is 0.0264. The summed E-state index contributed by atoms with van der Waals surface area (Å²) in [5.41, 5.74) is 5.40. The van der Waals surface area contributed by atoms with Gasteiger partial charge in [-0.3, -0.25) is 18.6 Å². The number of hydrogen-bond acceptors (Lipinski definition) is 8. The van der Waals surface area contributed by atoms with Crippen molar-refractivity contribution >= 4 is 19.8 Å². The number of nitrogens with two attached hydrogens (primary N) is 1. The molecule has 0 amide bonds. The molecule has 0 aromatic heterocycles. The van der Waals surface area contributed by atoms with Crippen molar-refractivity contribution in [3.8, 4) is 0 Å². The molecule has 0 heterocycles. The fourth-order valence-corrected chi connectivity index (χ4v) is 10.1. The molecule has 0 saturated carbocycles. The minimum Gasteiger partial charge on any atom is -0.462 e. The van der Waals surface area contributed by atoms with Gasteiger partial charge >= 0.3 is 19.8 Å². The zero-order valence-corrected chi connectivity index (χ0v) is 59.5. The van der Waals surface area contributed by atoms with Gasteiger partial charge in [0.2, 0.25) is 0 Å². The van der Waals surface area contributed by atoms with Crippen molar-refractivity contribution in [2.24, 2.45) is 5.73 Å². The molecule has 0 aliphatic heterocycles. The monoisotopic (exact) mass is 1300 g/mol. The SMILES string of the molecule is CC/C=C\C/C=C\C/C=C\C/C=C\C/C=C\C/C=C\C/C=C\C/C=C\C/C=C\CCCCCCCCCCCCCCCC(=O)OC(COC(=O)CCCCCCCC/C=C\C/C=C\C/C=C\C/C=C\C/C=C\C/C=C\C/C=C\C/C=C\CC)COP(=O)(O)OCCN. The van der Waals surface area contributed by atoms with Crippen LogP contribution in [0.15, 0.2) is 207 Å². The molecule has 0 bridgehead atoms. The van der Waals surface area contributed by atoms with Gasteiger partial charge in [0.1, 0.15) is 6.61 Å². The Morgan fingerprint density at radius 1 is 0.323 bits per heavy atom. The molecule has 0 aliphatic rings. The molecule has 0 aliphatic carbocycles. The largest absolute Gasteiger partial charge is 0.472 e. The average Bonchev–Trinajstić information content (AvgIpc) is 3.49. The summed E-state index contributed by atoms with van der Waals surface area (Å²) in [4.78, 5) is 35.4. The Morgan fingerprint density at radius 3 is 0.828 bits per heavy atom. The van der Waals surface area contributed by atoms with E-state index >= 15 is 0 Å². The first-order valence-electron chi connectivity index (χ1n) is 36.6. The fourth-order valence-electron chi connectivity index (χ4n) is 9.35. The van der Waals surface area contributed by atoms with Gasteiger partial charge in [-0.1, -0.05) is 317 Å². The van der Waals surface area contributed by atoms with E-state index < -0.39 is 32.5 Å². The van der Waals surface area contributed by atoms with Gasteiger partial charge in [-0.05, 0) is 148 Å². The molecule has 522 valence electrons. The molecule has 93 heavy (non-hydrogen) atoms. The number of rotatable bonds is 66. The normalized spacial score (nSPS) is 14.2. The molecule has 0 aromatic carbocycles. The third kappa shape index (κ3) is 75.5. The number of phosphoric ester groups is 1. The van der Waals surface area contributed by atoms with Crippen LogP contribution in [-0.4, -0.2) is 49.3 Å². The second kappa shape index (κ2) is 75.6. The number of hydrogen-bond donors (Lipinski definition) is 2.